The predicted molar refractivity (Wildman–Crippen MR) is 66.6 cm³/mol. The van der Waals surface area contributed by atoms with E-state index in [-0.39, 0.29) is 18.4 Å². The minimum atomic E-state index is -0.470. The van der Waals surface area contributed by atoms with Crippen LogP contribution in [0.3, 0.4) is 0 Å². The summed E-state index contributed by atoms with van der Waals surface area (Å²) in [5.41, 5.74) is 11.3. The van der Waals surface area contributed by atoms with Crippen molar-refractivity contribution in [3.8, 4) is 0 Å². The van der Waals surface area contributed by atoms with Crippen molar-refractivity contribution in [2.45, 2.75) is 19.4 Å². The van der Waals surface area contributed by atoms with Crippen LogP contribution >= 0.6 is 11.6 Å². The lowest BCUT2D eigenvalue weighted by molar-refractivity contribution is -0.118. The lowest BCUT2D eigenvalue weighted by atomic mass is 10.1. The molecular formula is C11H14ClN3O2. The normalized spacial score (nSPS) is 11.9. The summed E-state index contributed by atoms with van der Waals surface area (Å²) >= 11 is 5.72. The number of carbonyl (C=O) groups is 2. The molecule has 6 heteroatoms. The number of hydrogen-bond donors (Lipinski definition) is 3. The molecule has 0 bridgehead atoms. The summed E-state index contributed by atoms with van der Waals surface area (Å²) in [5, 5.41) is 3.09. The number of primary amides is 1. The van der Waals surface area contributed by atoms with E-state index in [1.54, 1.807) is 13.0 Å². The number of amides is 2. The maximum absolute atomic E-state index is 11.8. The topological polar surface area (TPSA) is 98.2 Å². The van der Waals surface area contributed by atoms with E-state index in [1.807, 2.05) is 0 Å². The maximum atomic E-state index is 11.8. The van der Waals surface area contributed by atoms with Gasteiger partial charge in [0.05, 0.1) is 5.56 Å². The van der Waals surface area contributed by atoms with Gasteiger partial charge in [-0.15, -0.1) is 0 Å². The highest BCUT2D eigenvalue weighted by Crippen LogP contribution is 2.17. The van der Waals surface area contributed by atoms with Crippen LogP contribution < -0.4 is 16.8 Å². The van der Waals surface area contributed by atoms with Gasteiger partial charge in [0.25, 0.3) is 5.91 Å². The van der Waals surface area contributed by atoms with Gasteiger partial charge in [0.1, 0.15) is 0 Å². The summed E-state index contributed by atoms with van der Waals surface area (Å²) in [7, 11) is 0. The first-order valence-electron chi connectivity index (χ1n) is 5.04. The Balaban J connectivity index is 2.73. The third kappa shape index (κ3) is 3.96. The van der Waals surface area contributed by atoms with E-state index in [2.05, 4.69) is 5.32 Å². The summed E-state index contributed by atoms with van der Waals surface area (Å²) in [6.45, 7) is 1.69. The van der Waals surface area contributed by atoms with Crippen molar-refractivity contribution >= 4 is 29.1 Å². The number of nitrogen functional groups attached to an aromatic ring is 1. The monoisotopic (exact) mass is 255 g/mol. The number of anilines is 1. The highest BCUT2D eigenvalue weighted by atomic mass is 35.5. The molecule has 1 aromatic rings. The van der Waals surface area contributed by atoms with Crippen molar-refractivity contribution in [3.05, 3.63) is 28.8 Å². The second-order valence-corrected chi connectivity index (χ2v) is 4.21. The van der Waals surface area contributed by atoms with Crippen LogP contribution in [-0.2, 0) is 4.79 Å². The zero-order valence-corrected chi connectivity index (χ0v) is 10.1. The minimum absolute atomic E-state index is 0.0826. The van der Waals surface area contributed by atoms with Crippen LogP contribution in [0.25, 0.3) is 0 Å². The lowest BCUT2D eigenvalue weighted by Gasteiger charge is -2.13. The number of halogens is 1. The molecule has 0 spiro atoms. The third-order valence-electron chi connectivity index (χ3n) is 2.14. The van der Waals surface area contributed by atoms with E-state index >= 15 is 0 Å². The molecule has 17 heavy (non-hydrogen) atoms. The van der Waals surface area contributed by atoms with Crippen LogP contribution in [0, 0.1) is 0 Å². The largest absolute Gasteiger partial charge is 0.398 e. The zero-order chi connectivity index (χ0) is 13.0. The summed E-state index contributed by atoms with van der Waals surface area (Å²) in [4.78, 5) is 22.5. The van der Waals surface area contributed by atoms with Crippen molar-refractivity contribution in [2.75, 3.05) is 5.73 Å². The molecule has 1 rings (SSSR count). The first kappa shape index (κ1) is 13.3. The molecule has 1 aromatic carbocycles. The van der Waals surface area contributed by atoms with Gasteiger partial charge in [-0.05, 0) is 25.1 Å². The lowest BCUT2D eigenvalue weighted by Crippen LogP contribution is -2.36. The third-order valence-corrected chi connectivity index (χ3v) is 2.38. The molecule has 0 aliphatic heterocycles. The SMILES string of the molecule is CC(CC(N)=O)NC(=O)c1ccc(Cl)cc1N. The Hall–Kier alpha value is -1.75. The molecular weight excluding hydrogens is 242 g/mol. The van der Waals surface area contributed by atoms with E-state index in [0.717, 1.165) is 0 Å². The molecule has 0 heterocycles. The highest BCUT2D eigenvalue weighted by molar-refractivity contribution is 6.31. The molecule has 0 fully saturated rings. The van der Waals surface area contributed by atoms with Crippen LogP contribution in [0.4, 0.5) is 5.69 Å². The molecule has 92 valence electrons. The second kappa shape index (κ2) is 5.54. The van der Waals surface area contributed by atoms with E-state index in [9.17, 15) is 9.59 Å². The van der Waals surface area contributed by atoms with Gasteiger partial charge < -0.3 is 16.8 Å². The first-order valence-corrected chi connectivity index (χ1v) is 5.42. The summed E-state index contributed by atoms with van der Waals surface area (Å²) < 4.78 is 0. The molecule has 2 amide bonds. The molecule has 5 nitrogen and oxygen atoms in total. The van der Waals surface area contributed by atoms with E-state index in [1.165, 1.54) is 12.1 Å². The Labute approximate surface area is 104 Å². The first-order chi connectivity index (χ1) is 7.90. The number of rotatable bonds is 4. The van der Waals surface area contributed by atoms with Gasteiger partial charge in [0.15, 0.2) is 0 Å². The van der Waals surface area contributed by atoms with Gasteiger partial charge in [-0.25, -0.2) is 0 Å². The van der Waals surface area contributed by atoms with Crippen molar-refractivity contribution in [1.29, 1.82) is 0 Å². The van der Waals surface area contributed by atoms with E-state index < -0.39 is 5.91 Å². The van der Waals surface area contributed by atoms with Crippen molar-refractivity contribution in [3.63, 3.8) is 0 Å². The molecule has 0 aromatic heterocycles. The van der Waals surface area contributed by atoms with Gasteiger partial charge >= 0.3 is 0 Å². The highest BCUT2D eigenvalue weighted by Gasteiger charge is 2.14. The van der Waals surface area contributed by atoms with Gasteiger partial charge in [-0.3, -0.25) is 9.59 Å². The number of nitrogens with one attached hydrogen (secondary N) is 1. The van der Waals surface area contributed by atoms with Crippen LogP contribution in [0.1, 0.15) is 23.7 Å². The van der Waals surface area contributed by atoms with Gasteiger partial charge in [-0.2, -0.15) is 0 Å². The molecule has 0 saturated heterocycles. The number of nitrogens with two attached hydrogens (primary N) is 2. The quantitative estimate of drug-likeness (QED) is 0.698. The van der Waals surface area contributed by atoms with Crippen LogP contribution in [0.2, 0.25) is 5.02 Å². The fraction of sp³-hybridized carbons (Fsp3) is 0.273. The fourth-order valence-corrected chi connectivity index (χ4v) is 1.58. The van der Waals surface area contributed by atoms with Crippen molar-refractivity contribution in [2.24, 2.45) is 5.73 Å². The standard InChI is InChI=1S/C11H14ClN3O2/c1-6(4-10(14)16)15-11(17)8-3-2-7(12)5-9(8)13/h2-3,5-6H,4,13H2,1H3,(H2,14,16)(H,15,17). The summed E-state index contributed by atoms with van der Waals surface area (Å²) in [6.07, 6.45) is 0.0826. The average Bonchev–Trinajstić information content (AvgIpc) is 2.15. The average molecular weight is 256 g/mol. The summed E-state index contributed by atoms with van der Waals surface area (Å²) in [6, 6.07) is 4.26. The molecule has 5 N–H and O–H groups in total. The summed E-state index contributed by atoms with van der Waals surface area (Å²) in [5.74, 6) is -0.824. The Morgan fingerprint density at radius 1 is 1.47 bits per heavy atom. The van der Waals surface area contributed by atoms with E-state index in [4.69, 9.17) is 23.1 Å². The van der Waals surface area contributed by atoms with Crippen LogP contribution in [0.5, 0.6) is 0 Å². The number of carbonyl (C=O) groups excluding carboxylic acids is 2. The van der Waals surface area contributed by atoms with Crippen LogP contribution in [-0.4, -0.2) is 17.9 Å². The Kier molecular flexibility index (Phi) is 4.34. The van der Waals surface area contributed by atoms with Crippen molar-refractivity contribution < 1.29 is 9.59 Å². The molecule has 0 aliphatic rings. The Morgan fingerprint density at radius 3 is 2.65 bits per heavy atom. The van der Waals surface area contributed by atoms with Gasteiger partial charge in [-0.1, -0.05) is 11.6 Å². The van der Waals surface area contributed by atoms with Crippen molar-refractivity contribution in [1.82, 2.24) is 5.32 Å². The number of hydrogen-bond acceptors (Lipinski definition) is 3. The zero-order valence-electron chi connectivity index (χ0n) is 9.37. The fourth-order valence-electron chi connectivity index (χ4n) is 1.39. The molecule has 1 unspecified atom stereocenters. The molecule has 0 aliphatic carbocycles. The maximum Gasteiger partial charge on any atom is 0.253 e. The smallest absolute Gasteiger partial charge is 0.253 e. The molecule has 1 atom stereocenters. The molecule has 0 radical (unpaired) electrons. The molecule has 0 saturated carbocycles. The predicted octanol–water partition coefficient (Wildman–Crippen LogP) is 0.916. The second-order valence-electron chi connectivity index (χ2n) is 3.78. The van der Waals surface area contributed by atoms with Gasteiger partial charge in [0, 0.05) is 23.2 Å². The van der Waals surface area contributed by atoms with Gasteiger partial charge in [0.2, 0.25) is 5.91 Å². The Bertz CT molecular complexity index is 448. The van der Waals surface area contributed by atoms with E-state index in [0.29, 0.717) is 16.3 Å². The van der Waals surface area contributed by atoms with Crippen LogP contribution in [0.15, 0.2) is 18.2 Å². The number of benzene rings is 1. The minimum Gasteiger partial charge on any atom is -0.398 e. The Morgan fingerprint density at radius 2 is 2.12 bits per heavy atom.